The molecule has 1 atom stereocenters. The summed E-state index contributed by atoms with van der Waals surface area (Å²) >= 11 is 0. The summed E-state index contributed by atoms with van der Waals surface area (Å²) < 4.78 is 10.7. The molecule has 0 bridgehead atoms. The van der Waals surface area contributed by atoms with Gasteiger partial charge >= 0.3 is 0 Å². The summed E-state index contributed by atoms with van der Waals surface area (Å²) in [6.45, 7) is 3.74. The number of benzene rings is 1. The summed E-state index contributed by atoms with van der Waals surface area (Å²) in [5.74, 6) is 0.750. The van der Waals surface area contributed by atoms with E-state index in [0.29, 0.717) is 28.3 Å². The van der Waals surface area contributed by atoms with E-state index in [1.165, 1.54) is 7.11 Å². The van der Waals surface area contributed by atoms with Crippen molar-refractivity contribution in [2.24, 2.45) is 5.92 Å². The van der Waals surface area contributed by atoms with Crippen LogP contribution >= 0.6 is 0 Å². The molecule has 0 saturated carbocycles. The number of methoxy groups -OCH3 is 2. The van der Waals surface area contributed by atoms with Gasteiger partial charge in [-0.1, -0.05) is 19.9 Å². The number of aromatic nitrogens is 3. The van der Waals surface area contributed by atoms with Crippen LogP contribution in [0.3, 0.4) is 0 Å². The van der Waals surface area contributed by atoms with Crippen molar-refractivity contribution in [1.82, 2.24) is 20.5 Å². The number of nitrogens with zero attached hydrogens (tertiary/aromatic N) is 2. The molecule has 1 unspecified atom stereocenters. The number of carbonyl (C=O) groups excluding carboxylic acids is 1. The number of aliphatic hydroxyl groups excluding tert-OH is 1. The maximum absolute atomic E-state index is 12.8. The number of rotatable bonds is 8. The fourth-order valence-corrected chi connectivity index (χ4v) is 3.07. The van der Waals surface area contributed by atoms with Gasteiger partial charge in [-0.3, -0.25) is 9.89 Å². The Kier molecular flexibility index (Phi) is 6.68. The fraction of sp³-hybridized carbons (Fsp3) is 0.318. The molecule has 1 aromatic carbocycles. The van der Waals surface area contributed by atoms with Gasteiger partial charge in [0.25, 0.3) is 5.91 Å². The van der Waals surface area contributed by atoms with E-state index in [1.807, 2.05) is 32.1 Å². The Morgan fingerprint density at radius 3 is 2.60 bits per heavy atom. The maximum Gasteiger partial charge on any atom is 0.255 e. The number of nitrogens with one attached hydrogen (secondary N) is 2. The van der Waals surface area contributed by atoms with E-state index in [4.69, 9.17) is 9.47 Å². The molecule has 3 N–H and O–H groups in total. The van der Waals surface area contributed by atoms with Crippen molar-refractivity contribution in [3.05, 3.63) is 47.3 Å². The molecule has 158 valence electrons. The van der Waals surface area contributed by atoms with Gasteiger partial charge in [-0.2, -0.15) is 5.10 Å². The lowest BCUT2D eigenvalue weighted by Gasteiger charge is -2.20. The van der Waals surface area contributed by atoms with Gasteiger partial charge in [-0.15, -0.1) is 0 Å². The van der Waals surface area contributed by atoms with Crippen molar-refractivity contribution >= 4 is 29.0 Å². The lowest BCUT2D eigenvalue weighted by Crippen LogP contribution is -2.41. The highest BCUT2D eigenvalue weighted by Crippen LogP contribution is 2.32. The highest BCUT2D eigenvalue weighted by molar-refractivity contribution is 6.05. The summed E-state index contributed by atoms with van der Waals surface area (Å²) in [4.78, 5) is 17.0. The van der Waals surface area contributed by atoms with E-state index < -0.39 is 0 Å². The van der Waals surface area contributed by atoms with Gasteiger partial charge in [0.1, 0.15) is 5.75 Å². The van der Waals surface area contributed by atoms with Crippen molar-refractivity contribution in [1.29, 1.82) is 0 Å². The molecule has 0 spiro atoms. The van der Waals surface area contributed by atoms with Crippen LogP contribution in [0.5, 0.6) is 11.6 Å². The van der Waals surface area contributed by atoms with E-state index >= 15 is 0 Å². The van der Waals surface area contributed by atoms with Crippen LogP contribution in [0.1, 0.15) is 35.5 Å². The second kappa shape index (κ2) is 9.41. The first kappa shape index (κ1) is 21.3. The van der Waals surface area contributed by atoms with Crippen LogP contribution in [0.2, 0.25) is 0 Å². The zero-order valence-electron chi connectivity index (χ0n) is 17.5. The molecule has 2 heterocycles. The van der Waals surface area contributed by atoms with Gasteiger partial charge in [-0.25, -0.2) is 4.98 Å². The Bertz CT molecular complexity index is 1040. The second-order valence-corrected chi connectivity index (χ2v) is 7.15. The highest BCUT2D eigenvalue weighted by atomic mass is 16.5. The van der Waals surface area contributed by atoms with Gasteiger partial charge < -0.3 is 19.9 Å². The number of hydrogen-bond donors (Lipinski definition) is 3. The SMILES string of the molecule is COc1ccc(C=Cc2n[nH]c3ccc(C(=O)NC(CO)C(C)C)c(OC)c23)cn1. The molecular weight excluding hydrogens is 384 g/mol. The Labute approximate surface area is 174 Å². The van der Waals surface area contributed by atoms with E-state index in [0.717, 1.165) is 11.1 Å². The maximum atomic E-state index is 12.8. The smallest absolute Gasteiger partial charge is 0.255 e. The zero-order valence-corrected chi connectivity index (χ0v) is 17.5. The molecule has 0 aliphatic carbocycles. The minimum absolute atomic E-state index is 0.0965. The third kappa shape index (κ3) is 4.44. The van der Waals surface area contributed by atoms with Crippen molar-refractivity contribution < 1.29 is 19.4 Å². The zero-order chi connectivity index (χ0) is 21.7. The van der Waals surface area contributed by atoms with Crippen LogP contribution in [-0.4, -0.2) is 53.1 Å². The Hall–Kier alpha value is -3.39. The summed E-state index contributed by atoms with van der Waals surface area (Å²) in [5, 5.41) is 20.4. The molecule has 0 fully saturated rings. The average Bonchev–Trinajstić information content (AvgIpc) is 3.18. The number of amides is 1. The first-order valence-corrected chi connectivity index (χ1v) is 9.63. The molecule has 8 heteroatoms. The summed E-state index contributed by atoms with van der Waals surface area (Å²) in [7, 11) is 3.09. The molecule has 3 rings (SSSR count). The van der Waals surface area contributed by atoms with E-state index in [2.05, 4.69) is 20.5 Å². The van der Waals surface area contributed by atoms with Crippen molar-refractivity contribution in [3.63, 3.8) is 0 Å². The van der Waals surface area contributed by atoms with Gasteiger partial charge in [0.15, 0.2) is 0 Å². The van der Waals surface area contributed by atoms with Gasteiger partial charge in [0.05, 0.1) is 49.0 Å². The molecule has 8 nitrogen and oxygen atoms in total. The van der Waals surface area contributed by atoms with Crippen LogP contribution in [0.15, 0.2) is 30.5 Å². The summed E-state index contributed by atoms with van der Waals surface area (Å²) in [6.07, 6.45) is 5.40. The average molecular weight is 410 g/mol. The number of carbonyl (C=O) groups is 1. The van der Waals surface area contributed by atoms with E-state index in [9.17, 15) is 9.90 Å². The molecule has 3 aromatic rings. The van der Waals surface area contributed by atoms with Crippen molar-refractivity contribution in [2.45, 2.75) is 19.9 Å². The normalized spacial score (nSPS) is 12.5. The number of aromatic amines is 1. The third-order valence-electron chi connectivity index (χ3n) is 4.88. The fourth-order valence-electron chi connectivity index (χ4n) is 3.07. The first-order chi connectivity index (χ1) is 14.5. The van der Waals surface area contributed by atoms with Crippen molar-refractivity contribution in [2.75, 3.05) is 20.8 Å². The highest BCUT2D eigenvalue weighted by Gasteiger charge is 2.22. The number of ether oxygens (including phenoxy) is 2. The van der Waals surface area contributed by atoms with Gasteiger partial charge in [0.2, 0.25) is 5.88 Å². The molecule has 1 amide bonds. The molecule has 2 aromatic heterocycles. The Balaban J connectivity index is 1.96. The van der Waals surface area contributed by atoms with Crippen LogP contribution in [0, 0.1) is 5.92 Å². The molecule has 0 radical (unpaired) electrons. The van der Waals surface area contributed by atoms with Crippen LogP contribution in [0.4, 0.5) is 0 Å². The minimum Gasteiger partial charge on any atom is -0.495 e. The number of pyridine rings is 1. The predicted octanol–water partition coefficient (Wildman–Crippen LogP) is 2.89. The number of fused-ring (bicyclic) bond motifs is 1. The minimum atomic E-state index is -0.343. The van der Waals surface area contributed by atoms with Crippen molar-refractivity contribution in [3.8, 4) is 11.6 Å². The molecule has 30 heavy (non-hydrogen) atoms. The lowest BCUT2D eigenvalue weighted by molar-refractivity contribution is 0.0894. The first-order valence-electron chi connectivity index (χ1n) is 9.63. The third-order valence-corrected chi connectivity index (χ3v) is 4.88. The lowest BCUT2D eigenvalue weighted by atomic mass is 10.0. The summed E-state index contributed by atoms with van der Waals surface area (Å²) in [5.41, 5.74) is 2.64. The monoisotopic (exact) mass is 410 g/mol. The van der Waals surface area contributed by atoms with Gasteiger partial charge in [-0.05, 0) is 35.8 Å². The number of aliphatic hydroxyl groups is 1. The van der Waals surface area contributed by atoms with Crippen LogP contribution < -0.4 is 14.8 Å². The topological polar surface area (TPSA) is 109 Å². The largest absolute Gasteiger partial charge is 0.495 e. The number of H-pyrrole nitrogens is 1. The Morgan fingerprint density at radius 1 is 1.20 bits per heavy atom. The van der Waals surface area contributed by atoms with Crippen LogP contribution in [0.25, 0.3) is 23.1 Å². The predicted molar refractivity (Wildman–Crippen MR) is 116 cm³/mol. The van der Waals surface area contributed by atoms with E-state index in [-0.39, 0.29) is 24.5 Å². The molecular formula is C22H26N4O4. The summed E-state index contributed by atoms with van der Waals surface area (Å²) in [6, 6.07) is 6.79. The molecule has 0 aliphatic heterocycles. The number of hydrogen-bond acceptors (Lipinski definition) is 6. The van der Waals surface area contributed by atoms with Gasteiger partial charge in [0, 0.05) is 12.3 Å². The second-order valence-electron chi connectivity index (χ2n) is 7.15. The van der Waals surface area contributed by atoms with E-state index in [1.54, 1.807) is 31.5 Å². The quantitative estimate of drug-likeness (QED) is 0.527. The standard InChI is InChI=1S/C22H26N4O4/c1-13(2)18(12-27)24-22(28)15-7-9-17-20(21(15)30-4)16(25-26-17)8-5-14-6-10-19(29-3)23-11-14/h5-11,13,18,27H,12H2,1-4H3,(H,24,28)(H,25,26). The Morgan fingerprint density at radius 2 is 2.00 bits per heavy atom. The van der Waals surface area contributed by atoms with Crippen LogP contribution in [-0.2, 0) is 0 Å². The molecule has 0 aliphatic rings. The molecule has 0 saturated heterocycles.